The summed E-state index contributed by atoms with van der Waals surface area (Å²) >= 11 is 0. The summed E-state index contributed by atoms with van der Waals surface area (Å²) < 4.78 is 0. The van der Waals surface area contributed by atoms with Crippen molar-refractivity contribution in [1.29, 1.82) is 0 Å². The van der Waals surface area contributed by atoms with Crippen LogP contribution < -0.4 is 27.1 Å². The van der Waals surface area contributed by atoms with Crippen LogP contribution in [0.4, 0.5) is 11.4 Å². The highest BCUT2D eigenvalue weighted by Gasteiger charge is 2.43. The first kappa shape index (κ1) is 18.2. The molecule has 2 aliphatic rings. The molecule has 0 aromatic heterocycles. The van der Waals surface area contributed by atoms with Gasteiger partial charge in [-0.15, -0.1) is 0 Å². The maximum Gasteiger partial charge on any atom is 0.490 e. The molecule has 0 unspecified atom stereocenters. The number of nitrogens with zero attached hydrogens (tertiary/aromatic N) is 3. The third-order valence-corrected chi connectivity index (χ3v) is 4.72. The first-order valence-corrected chi connectivity index (χ1v) is 8.60. The molecule has 1 aromatic carbocycles. The van der Waals surface area contributed by atoms with Crippen LogP contribution in [-0.2, 0) is 4.79 Å². The van der Waals surface area contributed by atoms with Crippen LogP contribution in [0.1, 0.15) is 39.0 Å². The second-order valence-electron chi connectivity index (χ2n) is 6.65. The van der Waals surface area contributed by atoms with Crippen LogP contribution in [0.25, 0.3) is 0 Å². The lowest BCUT2D eigenvalue weighted by atomic mass is 9.77. The fourth-order valence-corrected chi connectivity index (χ4v) is 3.72. The summed E-state index contributed by atoms with van der Waals surface area (Å²) in [5.41, 5.74) is 12.5. The van der Waals surface area contributed by atoms with Crippen LogP contribution in [0.2, 0.25) is 0 Å². The second-order valence-corrected chi connectivity index (χ2v) is 6.65. The van der Waals surface area contributed by atoms with Crippen molar-refractivity contribution in [3.05, 3.63) is 18.2 Å². The predicted molar refractivity (Wildman–Crippen MR) is 102 cm³/mol. The third-order valence-electron chi connectivity index (χ3n) is 4.72. The number of carbonyl (C=O) groups is 1. The summed E-state index contributed by atoms with van der Waals surface area (Å²) in [5, 5.41) is 22.4. The number of hydrogen-bond donors (Lipinski definition) is 5. The van der Waals surface area contributed by atoms with Crippen molar-refractivity contribution in [2.24, 2.45) is 21.5 Å². The molecule has 0 bridgehead atoms. The molecule has 0 radical (unpaired) electrons. The monoisotopic (exact) mass is 358 g/mol. The van der Waals surface area contributed by atoms with Gasteiger partial charge >= 0.3 is 7.12 Å². The lowest BCUT2D eigenvalue weighted by molar-refractivity contribution is -0.114. The van der Waals surface area contributed by atoms with Crippen LogP contribution in [0.5, 0.6) is 0 Å². The van der Waals surface area contributed by atoms with Crippen molar-refractivity contribution in [3.63, 3.8) is 0 Å². The molecule has 10 heteroatoms. The van der Waals surface area contributed by atoms with E-state index in [4.69, 9.17) is 11.5 Å². The van der Waals surface area contributed by atoms with Crippen LogP contribution in [0.15, 0.2) is 28.2 Å². The van der Waals surface area contributed by atoms with E-state index in [0.717, 1.165) is 32.1 Å². The zero-order valence-electron chi connectivity index (χ0n) is 14.6. The number of guanidine groups is 2. The van der Waals surface area contributed by atoms with Gasteiger partial charge in [0.25, 0.3) is 0 Å². The van der Waals surface area contributed by atoms with E-state index in [1.54, 1.807) is 17.0 Å². The molecule has 0 saturated heterocycles. The molecule has 0 atom stereocenters. The number of rotatable bonds is 3. The summed E-state index contributed by atoms with van der Waals surface area (Å²) in [5.74, 6) is 0.0338. The van der Waals surface area contributed by atoms with Gasteiger partial charge in [-0.1, -0.05) is 6.42 Å². The van der Waals surface area contributed by atoms with E-state index in [1.807, 2.05) is 0 Å². The number of hydrogen-bond acceptors (Lipinski definition) is 8. The maximum atomic E-state index is 11.3. The van der Waals surface area contributed by atoms with Crippen molar-refractivity contribution >= 4 is 41.8 Å². The zero-order chi connectivity index (χ0) is 18.9. The Morgan fingerprint density at radius 3 is 2.58 bits per heavy atom. The van der Waals surface area contributed by atoms with E-state index in [-0.39, 0.29) is 23.3 Å². The number of benzene rings is 1. The summed E-state index contributed by atoms with van der Waals surface area (Å²) in [4.78, 5) is 21.7. The smallest absolute Gasteiger partial charge is 0.423 e. The van der Waals surface area contributed by atoms with Gasteiger partial charge in [0.15, 0.2) is 0 Å². The van der Waals surface area contributed by atoms with Gasteiger partial charge in [0.1, 0.15) is 5.66 Å². The number of nitrogens with two attached hydrogens (primary N) is 2. The zero-order valence-corrected chi connectivity index (χ0v) is 14.6. The van der Waals surface area contributed by atoms with Crippen LogP contribution >= 0.6 is 0 Å². The molecule has 3 rings (SSSR count). The van der Waals surface area contributed by atoms with Crippen LogP contribution in [0, 0.1) is 0 Å². The minimum atomic E-state index is -1.75. The minimum absolute atomic E-state index is 0.126. The molecular weight excluding hydrogens is 335 g/mol. The Morgan fingerprint density at radius 1 is 1.27 bits per heavy atom. The third kappa shape index (κ3) is 3.38. The van der Waals surface area contributed by atoms with Crippen LogP contribution in [0.3, 0.4) is 0 Å². The van der Waals surface area contributed by atoms with Crippen molar-refractivity contribution in [1.82, 2.24) is 0 Å². The van der Waals surface area contributed by atoms with Gasteiger partial charge < -0.3 is 26.8 Å². The Morgan fingerprint density at radius 2 is 1.96 bits per heavy atom. The maximum absolute atomic E-state index is 11.3. The molecule has 1 fully saturated rings. The van der Waals surface area contributed by atoms with Gasteiger partial charge in [0.05, 0.1) is 0 Å². The Balaban J connectivity index is 2.10. The van der Waals surface area contributed by atoms with Crippen molar-refractivity contribution in [2.75, 3.05) is 10.2 Å². The summed E-state index contributed by atoms with van der Waals surface area (Å²) in [6, 6.07) is 4.86. The van der Waals surface area contributed by atoms with Crippen LogP contribution in [-0.4, -0.2) is 40.7 Å². The Kier molecular flexibility index (Phi) is 4.88. The molecule has 26 heavy (non-hydrogen) atoms. The molecule has 1 saturated carbocycles. The van der Waals surface area contributed by atoms with E-state index in [0.29, 0.717) is 11.4 Å². The number of amides is 1. The van der Waals surface area contributed by atoms with Crippen molar-refractivity contribution in [3.8, 4) is 0 Å². The fraction of sp³-hybridized carbons (Fsp3) is 0.438. The largest absolute Gasteiger partial charge is 0.490 e. The van der Waals surface area contributed by atoms with E-state index >= 15 is 0 Å². The highest BCUT2D eigenvalue weighted by Crippen LogP contribution is 2.39. The molecular formula is C16H23BN6O3. The lowest BCUT2D eigenvalue weighted by Gasteiger charge is -2.46. The molecule has 7 N–H and O–H groups in total. The first-order chi connectivity index (χ1) is 12.3. The number of carbonyl (C=O) groups excluding carboxylic acids is 1. The normalized spacial score (nSPS) is 19.0. The number of nitrogens with one attached hydrogen (secondary N) is 1. The Labute approximate surface area is 151 Å². The number of aliphatic imine (C=N–C) groups is 2. The molecule has 1 amide bonds. The van der Waals surface area contributed by atoms with Gasteiger partial charge in [0, 0.05) is 23.8 Å². The topological polar surface area (TPSA) is 150 Å². The fourth-order valence-electron chi connectivity index (χ4n) is 3.72. The Hall–Kier alpha value is -2.59. The summed E-state index contributed by atoms with van der Waals surface area (Å²) in [6.45, 7) is 1.38. The van der Waals surface area contributed by atoms with E-state index < -0.39 is 12.8 Å². The van der Waals surface area contributed by atoms with Gasteiger partial charge in [-0.2, -0.15) is 4.99 Å². The Bertz CT molecular complexity index is 773. The highest BCUT2D eigenvalue weighted by molar-refractivity contribution is 6.61. The highest BCUT2D eigenvalue weighted by atomic mass is 16.4. The van der Waals surface area contributed by atoms with Gasteiger partial charge in [-0.3, -0.25) is 9.69 Å². The predicted octanol–water partition coefficient (Wildman–Crippen LogP) is -0.565. The quantitative estimate of drug-likeness (QED) is 0.457. The average Bonchev–Trinajstić information content (AvgIpc) is 2.55. The van der Waals surface area contributed by atoms with Gasteiger partial charge in [-0.25, -0.2) is 4.99 Å². The first-order valence-electron chi connectivity index (χ1n) is 8.60. The lowest BCUT2D eigenvalue weighted by Crippen LogP contribution is -2.60. The van der Waals surface area contributed by atoms with E-state index in [9.17, 15) is 14.8 Å². The van der Waals surface area contributed by atoms with E-state index in [2.05, 4.69) is 15.3 Å². The summed E-state index contributed by atoms with van der Waals surface area (Å²) in [6.07, 6.45) is 4.48. The molecule has 1 aromatic rings. The standard InChI is InChI=1S/C16H23BN6O3/c1-10(24)20-11-5-6-13(12(9-11)17(25)26)23-15(19)21-14(18)22-16(23)7-3-2-4-8-16/h5-6,9,25-26H,2-4,7-8H2,1H3,(H,20,24)(H4,18,19,21,22). The SMILES string of the molecule is CC(=O)Nc1ccc(N2C(N)=NC(N)=NC23CCCCC3)c(B(O)O)c1. The molecule has 1 spiro atoms. The molecule has 138 valence electrons. The van der Waals surface area contributed by atoms with Gasteiger partial charge in [0.2, 0.25) is 17.8 Å². The van der Waals surface area contributed by atoms with Crippen molar-refractivity contribution in [2.45, 2.75) is 44.7 Å². The molecule has 1 aliphatic carbocycles. The molecule has 1 aliphatic heterocycles. The number of anilines is 2. The van der Waals surface area contributed by atoms with E-state index in [1.165, 1.54) is 13.0 Å². The van der Waals surface area contributed by atoms with Crippen molar-refractivity contribution < 1.29 is 14.8 Å². The summed E-state index contributed by atoms with van der Waals surface area (Å²) in [7, 11) is -1.75. The second kappa shape index (κ2) is 6.97. The van der Waals surface area contributed by atoms with Gasteiger partial charge in [-0.05, 0) is 43.9 Å². The molecule has 1 heterocycles. The molecule has 9 nitrogen and oxygen atoms in total. The average molecular weight is 358 g/mol. The minimum Gasteiger partial charge on any atom is -0.423 e.